The first kappa shape index (κ1) is 21.0. The second kappa shape index (κ2) is 8.14. The van der Waals surface area contributed by atoms with Crippen LogP contribution < -0.4 is 15.0 Å². The largest absolute Gasteiger partial charge is 0.491 e. The van der Waals surface area contributed by atoms with Crippen LogP contribution in [0.25, 0.3) is 11.0 Å². The number of halogens is 5. The van der Waals surface area contributed by atoms with Crippen LogP contribution in [0.5, 0.6) is 5.75 Å². The number of imidazole rings is 1. The first-order chi connectivity index (χ1) is 14.7. The molecular weight excluding hydrogens is 423 g/mol. The number of ether oxygens (including phenoxy) is 1. The first-order valence-electron chi connectivity index (χ1n) is 9.41. The Kier molecular flexibility index (Phi) is 5.52. The molecule has 0 amide bonds. The highest BCUT2D eigenvalue weighted by atomic mass is 19.4. The van der Waals surface area contributed by atoms with Crippen LogP contribution in [0, 0.1) is 11.6 Å². The van der Waals surface area contributed by atoms with Crippen LogP contribution in [0.15, 0.2) is 36.4 Å². The molecule has 0 unspecified atom stereocenters. The molecule has 0 bridgehead atoms. The molecule has 1 N–H and O–H groups in total. The predicted octanol–water partition coefficient (Wildman–Crippen LogP) is 3.24. The maximum Gasteiger partial charge on any atom is 0.491 e. The average molecular weight is 440 g/mol. The van der Waals surface area contributed by atoms with Crippen molar-refractivity contribution in [2.24, 2.45) is 0 Å². The number of nitrogens with zero attached hydrogens (tertiary/aromatic N) is 3. The summed E-state index contributed by atoms with van der Waals surface area (Å²) in [6, 6.07) is 7.32. The number of hydrogen-bond acceptors (Lipinski definition) is 5. The van der Waals surface area contributed by atoms with Gasteiger partial charge in [-0.15, -0.1) is 0 Å². The van der Waals surface area contributed by atoms with Gasteiger partial charge in [0.15, 0.2) is 5.75 Å². The fourth-order valence-corrected chi connectivity index (χ4v) is 3.50. The van der Waals surface area contributed by atoms with Gasteiger partial charge in [0.05, 0.1) is 12.1 Å². The second-order valence-electron chi connectivity index (χ2n) is 7.02. The number of rotatable bonds is 4. The third-order valence-corrected chi connectivity index (χ3v) is 4.82. The molecule has 0 aliphatic carbocycles. The maximum absolute atomic E-state index is 13.7. The molecule has 4 rings (SSSR count). The number of fused-ring (bicyclic) bond motifs is 1. The van der Waals surface area contributed by atoms with Crippen LogP contribution in [0.3, 0.4) is 0 Å². The molecule has 1 aliphatic rings. The van der Waals surface area contributed by atoms with E-state index in [1.807, 2.05) is 4.90 Å². The van der Waals surface area contributed by atoms with E-state index in [4.69, 9.17) is 0 Å². The van der Waals surface area contributed by atoms with Gasteiger partial charge in [-0.2, -0.15) is 13.2 Å². The van der Waals surface area contributed by atoms with Crippen LogP contribution in [-0.2, 0) is 11.3 Å². The van der Waals surface area contributed by atoms with Crippen LogP contribution >= 0.6 is 0 Å². The molecule has 0 radical (unpaired) electrons. The van der Waals surface area contributed by atoms with Gasteiger partial charge in [-0.25, -0.2) is 18.6 Å². The Labute approximate surface area is 173 Å². The number of carbonyl (C=O) groups is 1. The van der Waals surface area contributed by atoms with Gasteiger partial charge >= 0.3 is 12.1 Å². The van der Waals surface area contributed by atoms with Crippen LogP contribution in [-0.4, -0.2) is 47.9 Å². The predicted molar refractivity (Wildman–Crippen MR) is 102 cm³/mol. The van der Waals surface area contributed by atoms with Crippen molar-refractivity contribution < 1.29 is 31.5 Å². The van der Waals surface area contributed by atoms with Crippen molar-refractivity contribution in [2.45, 2.75) is 12.7 Å². The van der Waals surface area contributed by atoms with Gasteiger partial charge in [-0.3, -0.25) is 0 Å². The minimum Gasteiger partial charge on any atom is -0.417 e. The van der Waals surface area contributed by atoms with Gasteiger partial charge in [-0.05, 0) is 29.8 Å². The number of alkyl halides is 3. The summed E-state index contributed by atoms with van der Waals surface area (Å²) in [5, 5.41) is 3.18. The van der Waals surface area contributed by atoms with Crippen molar-refractivity contribution in [2.75, 3.05) is 31.1 Å². The van der Waals surface area contributed by atoms with Gasteiger partial charge in [0.2, 0.25) is 5.95 Å². The minimum absolute atomic E-state index is 0.0150. The molecule has 31 heavy (non-hydrogen) atoms. The van der Waals surface area contributed by atoms with Crippen LogP contribution in [0.2, 0.25) is 0 Å². The Morgan fingerprint density at radius 2 is 1.77 bits per heavy atom. The molecule has 2 aromatic carbocycles. The third-order valence-electron chi connectivity index (χ3n) is 4.82. The standard InChI is InChI=1S/C20H17F5N4O2/c21-13-8-12(9-14(22)10-13)11-29-15-2-1-3-16(31-18(30)20(23,24)25)17(15)27-19(29)28-6-4-26-5-7-28/h1-3,8-10,26H,4-7,11H2. The van der Waals surface area contributed by atoms with Crippen molar-refractivity contribution >= 4 is 23.0 Å². The summed E-state index contributed by atoms with van der Waals surface area (Å²) < 4.78 is 71.6. The second-order valence-corrected chi connectivity index (χ2v) is 7.02. The topological polar surface area (TPSA) is 59.4 Å². The highest BCUT2D eigenvalue weighted by Gasteiger charge is 2.41. The zero-order valence-corrected chi connectivity index (χ0v) is 16.0. The van der Waals surface area contributed by atoms with Crippen molar-refractivity contribution in [1.29, 1.82) is 0 Å². The molecule has 1 aromatic heterocycles. The molecule has 1 aliphatic heterocycles. The molecule has 1 fully saturated rings. The number of benzene rings is 2. The molecule has 2 heterocycles. The zero-order valence-electron chi connectivity index (χ0n) is 16.0. The lowest BCUT2D eigenvalue weighted by Crippen LogP contribution is -2.44. The van der Waals surface area contributed by atoms with Gasteiger partial charge < -0.3 is 19.5 Å². The fraction of sp³-hybridized carbons (Fsp3) is 0.300. The number of anilines is 1. The number of para-hydroxylation sites is 1. The van der Waals surface area contributed by atoms with Gasteiger partial charge in [0, 0.05) is 32.2 Å². The van der Waals surface area contributed by atoms with Crippen molar-refractivity contribution in [1.82, 2.24) is 14.9 Å². The van der Waals surface area contributed by atoms with E-state index in [0.29, 0.717) is 43.2 Å². The Morgan fingerprint density at radius 3 is 2.42 bits per heavy atom. The molecule has 164 valence electrons. The van der Waals surface area contributed by atoms with Gasteiger partial charge in [0.1, 0.15) is 17.2 Å². The van der Waals surface area contributed by atoms with Gasteiger partial charge in [-0.1, -0.05) is 6.07 Å². The summed E-state index contributed by atoms with van der Waals surface area (Å²) in [6.07, 6.45) is -5.16. The monoisotopic (exact) mass is 440 g/mol. The average Bonchev–Trinajstić information content (AvgIpc) is 3.06. The highest BCUT2D eigenvalue weighted by molar-refractivity contribution is 5.88. The molecule has 3 aromatic rings. The molecule has 11 heteroatoms. The summed E-state index contributed by atoms with van der Waals surface area (Å²) in [7, 11) is 0. The molecule has 0 saturated carbocycles. The molecule has 6 nitrogen and oxygen atoms in total. The first-order valence-corrected chi connectivity index (χ1v) is 9.41. The molecule has 0 atom stereocenters. The lowest BCUT2D eigenvalue weighted by molar-refractivity contribution is -0.189. The van der Waals surface area contributed by atoms with E-state index in [2.05, 4.69) is 15.0 Å². The number of nitrogens with one attached hydrogen (secondary N) is 1. The highest BCUT2D eigenvalue weighted by Crippen LogP contribution is 2.32. The van der Waals surface area contributed by atoms with Crippen molar-refractivity contribution in [3.63, 3.8) is 0 Å². The third kappa shape index (κ3) is 4.46. The Balaban J connectivity index is 1.81. The van der Waals surface area contributed by atoms with Crippen molar-refractivity contribution in [3.8, 4) is 5.75 Å². The van der Waals surface area contributed by atoms with E-state index in [9.17, 15) is 26.7 Å². The van der Waals surface area contributed by atoms with E-state index in [1.54, 1.807) is 10.6 Å². The minimum atomic E-state index is -5.16. The quantitative estimate of drug-likeness (QED) is 0.384. The SMILES string of the molecule is O=C(Oc1cccc2c1nc(N1CCNCC1)n2Cc1cc(F)cc(F)c1)C(F)(F)F. The molecular formula is C20H17F5N4O2. The molecule has 1 saturated heterocycles. The van der Waals surface area contributed by atoms with E-state index in [-0.39, 0.29) is 17.8 Å². The lowest BCUT2D eigenvalue weighted by Gasteiger charge is -2.29. The van der Waals surface area contributed by atoms with E-state index < -0.39 is 23.8 Å². The number of hydrogen-bond donors (Lipinski definition) is 1. The fourth-order valence-electron chi connectivity index (χ4n) is 3.50. The number of aromatic nitrogens is 2. The van der Waals surface area contributed by atoms with Crippen molar-refractivity contribution in [3.05, 3.63) is 53.6 Å². The Hall–Kier alpha value is -3.21. The number of esters is 1. The summed E-state index contributed by atoms with van der Waals surface area (Å²) in [5.74, 6) is -3.80. The maximum atomic E-state index is 13.7. The summed E-state index contributed by atoms with van der Waals surface area (Å²) >= 11 is 0. The number of carbonyl (C=O) groups excluding carboxylic acids is 1. The van der Waals surface area contributed by atoms with E-state index >= 15 is 0 Å². The number of piperazine rings is 1. The van der Waals surface area contributed by atoms with E-state index in [0.717, 1.165) is 6.07 Å². The summed E-state index contributed by atoms with van der Waals surface area (Å²) in [4.78, 5) is 17.7. The summed E-state index contributed by atoms with van der Waals surface area (Å²) in [5.41, 5.74) is 0.724. The van der Waals surface area contributed by atoms with Crippen LogP contribution in [0.1, 0.15) is 5.56 Å². The normalized spacial score (nSPS) is 14.8. The van der Waals surface area contributed by atoms with Crippen LogP contribution in [0.4, 0.5) is 27.9 Å². The summed E-state index contributed by atoms with van der Waals surface area (Å²) in [6.45, 7) is 2.47. The van der Waals surface area contributed by atoms with E-state index in [1.165, 1.54) is 24.3 Å². The Bertz CT molecular complexity index is 1100. The smallest absolute Gasteiger partial charge is 0.417 e. The lowest BCUT2D eigenvalue weighted by atomic mass is 10.2. The zero-order chi connectivity index (χ0) is 22.2. The van der Waals surface area contributed by atoms with Gasteiger partial charge in [0.25, 0.3) is 0 Å². The molecule has 0 spiro atoms. The Morgan fingerprint density at radius 1 is 1.10 bits per heavy atom.